The number of nitrogens with one attached hydrogen (secondary N) is 2. The molecule has 2 N–H and O–H groups in total. The molecule has 0 aliphatic carbocycles. The van der Waals surface area contributed by atoms with Gasteiger partial charge in [0.1, 0.15) is 5.76 Å². The van der Waals surface area contributed by atoms with Crippen LogP contribution in [0.1, 0.15) is 22.9 Å². The number of carbonyl (C=O) groups excluding carboxylic acids is 1. The van der Waals surface area contributed by atoms with Crippen molar-refractivity contribution in [2.24, 2.45) is 0 Å². The molecule has 134 valence electrons. The summed E-state index contributed by atoms with van der Waals surface area (Å²) in [5, 5.41) is 6.92. The Morgan fingerprint density at radius 3 is 2.46 bits per heavy atom. The van der Waals surface area contributed by atoms with Gasteiger partial charge in [-0.25, -0.2) is 0 Å². The Hall–Kier alpha value is -2.56. The predicted molar refractivity (Wildman–Crippen MR) is 103 cm³/mol. The topological polar surface area (TPSA) is 54.3 Å². The summed E-state index contributed by atoms with van der Waals surface area (Å²) in [7, 11) is 0. The first kappa shape index (κ1) is 18.2. The summed E-state index contributed by atoms with van der Waals surface area (Å²) in [6, 6.07) is 21.2. The van der Waals surface area contributed by atoms with Gasteiger partial charge in [-0.2, -0.15) is 0 Å². The minimum atomic E-state index is -0.159. The molecule has 2 aromatic carbocycles. The first-order chi connectivity index (χ1) is 12.7. The fraction of sp³-hybridized carbons (Fsp3) is 0.190. The lowest BCUT2D eigenvalue weighted by molar-refractivity contribution is -0.120. The molecule has 26 heavy (non-hydrogen) atoms. The fourth-order valence-electron chi connectivity index (χ4n) is 2.74. The van der Waals surface area contributed by atoms with Gasteiger partial charge in [0.15, 0.2) is 0 Å². The molecular formula is C21H21ClN2O2. The zero-order valence-corrected chi connectivity index (χ0v) is 15.1. The second kappa shape index (κ2) is 9.22. The van der Waals surface area contributed by atoms with Gasteiger partial charge >= 0.3 is 0 Å². The zero-order chi connectivity index (χ0) is 18.2. The van der Waals surface area contributed by atoms with Crippen LogP contribution in [0.15, 0.2) is 77.4 Å². The average molecular weight is 369 g/mol. The van der Waals surface area contributed by atoms with Crippen LogP contribution in [-0.4, -0.2) is 19.0 Å². The molecule has 4 nitrogen and oxygen atoms in total. The summed E-state index contributed by atoms with van der Waals surface area (Å²) >= 11 is 5.87. The van der Waals surface area contributed by atoms with Crippen LogP contribution in [0, 0.1) is 0 Å². The highest BCUT2D eigenvalue weighted by Crippen LogP contribution is 2.21. The van der Waals surface area contributed by atoms with Gasteiger partial charge < -0.3 is 9.73 Å². The summed E-state index contributed by atoms with van der Waals surface area (Å²) in [4.78, 5) is 12.2. The molecule has 0 saturated carbocycles. The predicted octanol–water partition coefficient (Wildman–Crippen LogP) is 3.97. The van der Waals surface area contributed by atoms with Gasteiger partial charge in [0.25, 0.3) is 0 Å². The minimum Gasteiger partial charge on any atom is -0.467 e. The van der Waals surface area contributed by atoms with Crippen LogP contribution >= 0.6 is 11.6 Å². The van der Waals surface area contributed by atoms with E-state index in [2.05, 4.69) is 10.6 Å². The van der Waals surface area contributed by atoms with Crippen LogP contribution in [0.4, 0.5) is 0 Å². The Kier molecular flexibility index (Phi) is 6.47. The summed E-state index contributed by atoms with van der Waals surface area (Å²) in [5.41, 5.74) is 2.19. The SMILES string of the molecule is O=C(CN[C@@H](c1ccccc1)c1ccco1)NCCc1ccc(Cl)cc1. The molecule has 0 aliphatic heterocycles. The molecule has 5 heteroatoms. The molecule has 0 fully saturated rings. The highest BCUT2D eigenvalue weighted by molar-refractivity contribution is 6.30. The molecule has 0 spiro atoms. The highest BCUT2D eigenvalue weighted by Gasteiger charge is 2.17. The Balaban J connectivity index is 1.50. The molecule has 1 atom stereocenters. The Labute approximate surface area is 158 Å². The van der Waals surface area contributed by atoms with Crippen molar-refractivity contribution in [2.45, 2.75) is 12.5 Å². The number of hydrogen-bond donors (Lipinski definition) is 2. The molecule has 0 radical (unpaired) electrons. The van der Waals surface area contributed by atoms with Crippen molar-refractivity contribution < 1.29 is 9.21 Å². The molecular weight excluding hydrogens is 348 g/mol. The van der Waals surface area contributed by atoms with Crippen molar-refractivity contribution in [2.75, 3.05) is 13.1 Å². The van der Waals surface area contributed by atoms with Gasteiger partial charge in [0, 0.05) is 11.6 Å². The lowest BCUT2D eigenvalue weighted by Crippen LogP contribution is -2.36. The van der Waals surface area contributed by atoms with Gasteiger partial charge in [-0.15, -0.1) is 0 Å². The number of hydrogen-bond acceptors (Lipinski definition) is 3. The number of rotatable bonds is 8. The van der Waals surface area contributed by atoms with Crippen molar-refractivity contribution in [1.82, 2.24) is 10.6 Å². The second-order valence-electron chi connectivity index (χ2n) is 5.97. The molecule has 3 rings (SSSR count). The molecule has 0 bridgehead atoms. The summed E-state index contributed by atoms with van der Waals surface area (Å²) < 4.78 is 5.53. The monoisotopic (exact) mass is 368 g/mol. The molecule has 3 aromatic rings. The number of amides is 1. The van der Waals surface area contributed by atoms with Crippen LogP contribution < -0.4 is 10.6 Å². The third kappa shape index (κ3) is 5.22. The normalized spacial score (nSPS) is 11.9. The minimum absolute atomic E-state index is 0.0496. The van der Waals surface area contributed by atoms with Gasteiger partial charge in [-0.3, -0.25) is 10.1 Å². The van der Waals surface area contributed by atoms with Crippen molar-refractivity contribution in [3.8, 4) is 0 Å². The van der Waals surface area contributed by atoms with E-state index in [1.807, 2.05) is 66.7 Å². The van der Waals surface area contributed by atoms with E-state index in [-0.39, 0.29) is 18.5 Å². The van der Waals surface area contributed by atoms with E-state index in [1.54, 1.807) is 6.26 Å². The van der Waals surface area contributed by atoms with Crippen LogP contribution in [0.3, 0.4) is 0 Å². The lowest BCUT2D eigenvalue weighted by Gasteiger charge is -2.17. The Bertz CT molecular complexity index is 802. The van der Waals surface area contributed by atoms with Crippen LogP contribution in [0.2, 0.25) is 5.02 Å². The Morgan fingerprint density at radius 2 is 1.77 bits per heavy atom. The standard InChI is InChI=1S/C21H21ClN2O2/c22-18-10-8-16(9-11-18)12-13-23-20(25)15-24-21(19-7-4-14-26-19)17-5-2-1-3-6-17/h1-11,14,21,24H,12-13,15H2,(H,23,25)/t21-/m0/s1. The fourth-order valence-corrected chi connectivity index (χ4v) is 2.86. The van der Waals surface area contributed by atoms with Gasteiger partial charge in [-0.05, 0) is 41.8 Å². The summed E-state index contributed by atoms with van der Waals surface area (Å²) in [6.45, 7) is 0.791. The maximum atomic E-state index is 12.2. The number of carbonyl (C=O) groups is 1. The van der Waals surface area contributed by atoms with Crippen LogP contribution in [0.5, 0.6) is 0 Å². The number of furan rings is 1. The van der Waals surface area contributed by atoms with Gasteiger partial charge in [-0.1, -0.05) is 54.1 Å². The van der Waals surface area contributed by atoms with E-state index in [9.17, 15) is 4.79 Å². The van der Waals surface area contributed by atoms with E-state index in [0.29, 0.717) is 11.6 Å². The third-order valence-electron chi connectivity index (χ3n) is 4.08. The molecule has 0 saturated heterocycles. The van der Waals surface area contributed by atoms with Gasteiger partial charge in [0.2, 0.25) is 5.91 Å². The zero-order valence-electron chi connectivity index (χ0n) is 14.3. The van der Waals surface area contributed by atoms with E-state index in [1.165, 1.54) is 0 Å². The van der Waals surface area contributed by atoms with Crippen molar-refractivity contribution in [3.63, 3.8) is 0 Å². The van der Waals surface area contributed by atoms with Crippen LogP contribution in [-0.2, 0) is 11.2 Å². The first-order valence-corrected chi connectivity index (χ1v) is 8.93. The van der Waals surface area contributed by atoms with E-state index < -0.39 is 0 Å². The maximum Gasteiger partial charge on any atom is 0.233 e. The van der Waals surface area contributed by atoms with Crippen LogP contribution in [0.25, 0.3) is 0 Å². The quantitative estimate of drug-likeness (QED) is 0.632. The third-order valence-corrected chi connectivity index (χ3v) is 4.33. The summed E-state index contributed by atoms with van der Waals surface area (Å²) in [6.07, 6.45) is 2.41. The Morgan fingerprint density at radius 1 is 1.00 bits per heavy atom. The molecule has 0 aliphatic rings. The van der Waals surface area contributed by atoms with E-state index in [0.717, 1.165) is 23.3 Å². The number of benzene rings is 2. The summed E-state index contributed by atoms with van der Waals surface area (Å²) in [5.74, 6) is 0.733. The maximum absolute atomic E-state index is 12.2. The molecule has 0 unspecified atom stereocenters. The largest absolute Gasteiger partial charge is 0.467 e. The molecule has 1 amide bonds. The van der Waals surface area contributed by atoms with E-state index >= 15 is 0 Å². The van der Waals surface area contributed by atoms with Gasteiger partial charge in [0.05, 0.1) is 18.8 Å². The molecule has 1 heterocycles. The molecule has 1 aromatic heterocycles. The second-order valence-corrected chi connectivity index (χ2v) is 6.40. The van der Waals surface area contributed by atoms with Crippen molar-refractivity contribution in [1.29, 1.82) is 0 Å². The lowest BCUT2D eigenvalue weighted by atomic mass is 10.0. The van der Waals surface area contributed by atoms with Crippen molar-refractivity contribution >= 4 is 17.5 Å². The van der Waals surface area contributed by atoms with E-state index in [4.69, 9.17) is 16.0 Å². The smallest absolute Gasteiger partial charge is 0.233 e. The number of halogens is 1. The average Bonchev–Trinajstić information content (AvgIpc) is 3.19. The highest BCUT2D eigenvalue weighted by atomic mass is 35.5. The van der Waals surface area contributed by atoms with Crippen molar-refractivity contribution in [3.05, 3.63) is 94.9 Å². The first-order valence-electron chi connectivity index (χ1n) is 8.55.